The summed E-state index contributed by atoms with van der Waals surface area (Å²) in [6.07, 6.45) is -4.17. The van der Waals surface area contributed by atoms with Gasteiger partial charge in [-0.1, -0.05) is 23.7 Å². The fourth-order valence-electron chi connectivity index (χ4n) is 1.91. The molecule has 0 spiro atoms. The van der Waals surface area contributed by atoms with Crippen molar-refractivity contribution in [3.8, 4) is 5.75 Å². The average Bonchev–Trinajstić information content (AvgIpc) is 2.65. The van der Waals surface area contributed by atoms with Crippen LogP contribution in [0.5, 0.6) is 5.75 Å². The van der Waals surface area contributed by atoms with Gasteiger partial charge in [0.05, 0.1) is 15.5 Å². The molecule has 154 valence electrons. The number of halogens is 4. The molecular formula is C16H11ClF3N3O6. The summed E-state index contributed by atoms with van der Waals surface area (Å²) in [5.74, 6) is -2.44. The highest BCUT2D eigenvalue weighted by molar-refractivity contribution is 6.33. The third kappa shape index (κ3) is 6.31. The Balaban J connectivity index is 1.85. The van der Waals surface area contributed by atoms with E-state index in [4.69, 9.17) is 16.3 Å². The first-order valence-corrected chi connectivity index (χ1v) is 8.00. The largest absolute Gasteiger partial charge is 0.475 e. The molecule has 9 nitrogen and oxygen atoms in total. The van der Waals surface area contributed by atoms with Gasteiger partial charge >= 0.3 is 17.8 Å². The third-order valence-electron chi connectivity index (χ3n) is 3.20. The number of hydrogen-bond acceptors (Lipinski definition) is 7. The molecule has 0 unspecified atom stereocenters. The molecule has 1 aromatic heterocycles. The predicted octanol–water partition coefficient (Wildman–Crippen LogP) is 3.22. The molecule has 29 heavy (non-hydrogen) atoms. The van der Waals surface area contributed by atoms with E-state index in [0.29, 0.717) is 12.3 Å². The minimum absolute atomic E-state index is 0.167. The van der Waals surface area contributed by atoms with Crippen LogP contribution >= 0.6 is 11.6 Å². The third-order valence-corrected chi connectivity index (χ3v) is 3.49. The molecule has 0 saturated heterocycles. The molecule has 1 aromatic carbocycles. The second-order valence-electron chi connectivity index (χ2n) is 5.27. The van der Waals surface area contributed by atoms with Gasteiger partial charge in [-0.3, -0.25) is 14.9 Å². The van der Waals surface area contributed by atoms with E-state index >= 15 is 0 Å². The Kier molecular flexibility index (Phi) is 6.93. The molecule has 1 amide bonds. The van der Waals surface area contributed by atoms with Crippen LogP contribution in [0.25, 0.3) is 0 Å². The van der Waals surface area contributed by atoms with Crippen LogP contribution in [-0.2, 0) is 20.5 Å². The van der Waals surface area contributed by atoms with Gasteiger partial charge in [-0.25, -0.2) is 9.78 Å². The highest BCUT2D eigenvalue weighted by Gasteiger charge is 2.31. The van der Waals surface area contributed by atoms with E-state index in [0.717, 1.165) is 0 Å². The molecule has 0 aliphatic rings. The van der Waals surface area contributed by atoms with Gasteiger partial charge in [0, 0.05) is 12.3 Å². The number of carbonyl (C=O) groups excluding carboxylic acids is 2. The Morgan fingerprint density at radius 1 is 1.24 bits per heavy atom. The Labute approximate surface area is 165 Å². The maximum atomic E-state index is 12.5. The minimum atomic E-state index is -4.65. The molecule has 0 radical (unpaired) electrons. The molecule has 2 aromatic rings. The van der Waals surface area contributed by atoms with E-state index < -0.39 is 46.8 Å². The van der Waals surface area contributed by atoms with E-state index in [1.165, 1.54) is 24.3 Å². The number of esters is 1. The van der Waals surface area contributed by atoms with Crippen molar-refractivity contribution in [2.75, 3.05) is 18.5 Å². The Morgan fingerprint density at radius 3 is 2.55 bits per heavy atom. The second kappa shape index (κ2) is 9.19. The van der Waals surface area contributed by atoms with Gasteiger partial charge in [0.1, 0.15) is 0 Å². The van der Waals surface area contributed by atoms with Crippen molar-refractivity contribution in [3.05, 3.63) is 57.2 Å². The van der Waals surface area contributed by atoms with Crippen LogP contribution in [0.3, 0.4) is 0 Å². The number of nitro benzene ring substituents is 1. The summed E-state index contributed by atoms with van der Waals surface area (Å²) in [6, 6.07) is 5.90. The normalized spacial score (nSPS) is 10.9. The second-order valence-corrected chi connectivity index (χ2v) is 5.68. The van der Waals surface area contributed by atoms with E-state index in [2.05, 4.69) is 15.0 Å². The molecule has 0 fully saturated rings. The topological polar surface area (TPSA) is 121 Å². The highest BCUT2D eigenvalue weighted by atomic mass is 35.5. The Morgan fingerprint density at radius 2 is 1.93 bits per heavy atom. The molecule has 1 heterocycles. The number of pyridine rings is 1. The summed E-state index contributed by atoms with van der Waals surface area (Å²) >= 11 is 5.64. The van der Waals surface area contributed by atoms with E-state index in [1.54, 1.807) is 0 Å². The zero-order valence-electron chi connectivity index (χ0n) is 14.2. The number of anilines is 1. The Bertz CT molecular complexity index is 938. The molecule has 0 saturated carbocycles. The zero-order chi connectivity index (χ0) is 21.6. The average molecular weight is 434 g/mol. The van der Waals surface area contributed by atoms with Gasteiger partial charge in [-0.15, -0.1) is 0 Å². The number of rotatable bonds is 7. The Hall–Kier alpha value is -3.41. The lowest BCUT2D eigenvalue weighted by atomic mass is 10.3. The van der Waals surface area contributed by atoms with E-state index in [9.17, 15) is 32.9 Å². The van der Waals surface area contributed by atoms with Crippen molar-refractivity contribution in [2.45, 2.75) is 6.18 Å². The van der Waals surface area contributed by atoms with E-state index in [-0.39, 0.29) is 17.3 Å². The van der Waals surface area contributed by atoms with Crippen LogP contribution in [0.1, 0.15) is 5.56 Å². The summed E-state index contributed by atoms with van der Waals surface area (Å²) in [5, 5.41) is 12.5. The zero-order valence-corrected chi connectivity index (χ0v) is 15.0. The number of nitrogens with one attached hydrogen (secondary N) is 1. The van der Waals surface area contributed by atoms with Crippen LogP contribution in [0, 0.1) is 10.1 Å². The highest BCUT2D eigenvalue weighted by Crippen LogP contribution is 2.32. The monoisotopic (exact) mass is 433 g/mol. The van der Waals surface area contributed by atoms with Gasteiger partial charge < -0.3 is 14.8 Å². The lowest BCUT2D eigenvalue weighted by molar-refractivity contribution is -0.385. The molecule has 0 aliphatic heterocycles. The van der Waals surface area contributed by atoms with Crippen LogP contribution in [-0.4, -0.2) is 35.0 Å². The molecule has 0 aliphatic carbocycles. The number of hydrogen-bond donors (Lipinski definition) is 1. The van der Waals surface area contributed by atoms with Crippen molar-refractivity contribution in [1.82, 2.24) is 4.98 Å². The molecule has 0 atom stereocenters. The van der Waals surface area contributed by atoms with Crippen molar-refractivity contribution in [1.29, 1.82) is 0 Å². The van der Waals surface area contributed by atoms with Gasteiger partial charge in [0.2, 0.25) is 0 Å². The number of amides is 1. The first-order valence-electron chi connectivity index (χ1n) is 7.62. The smallest absolute Gasteiger partial charge is 0.417 e. The van der Waals surface area contributed by atoms with Crippen molar-refractivity contribution in [3.63, 3.8) is 0 Å². The van der Waals surface area contributed by atoms with Gasteiger partial charge in [0.25, 0.3) is 5.91 Å². The maximum absolute atomic E-state index is 12.5. The summed E-state index contributed by atoms with van der Waals surface area (Å²) in [6.45, 7) is -1.52. The first kappa shape index (κ1) is 21.9. The van der Waals surface area contributed by atoms with Crippen molar-refractivity contribution in [2.24, 2.45) is 0 Å². The number of aromatic nitrogens is 1. The van der Waals surface area contributed by atoms with Crippen LogP contribution < -0.4 is 10.1 Å². The first-order chi connectivity index (χ1) is 13.6. The fraction of sp³-hybridized carbons (Fsp3) is 0.188. The summed E-state index contributed by atoms with van der Waals surface area (Å²) in [4.78, 5) is 36.9. The number of carbonyl (C=O) groups is 2. The number of nitrogens with zero attached hydrogens (tertiary/aromatic N) is 2. The lowest BCUT2D eigenvalue weighted by Crippen LogP contribution is -2.24. The number of para-hydroxylation sites is 2. The molecule has 13 heteroatoms. The molecule has 0 bridgehead atoms. The van der Waals surface area contributed by atoms with Gasteiger partial charge in [-0.05, 0) is 12.1 Å². The number of alkyl halides is 3. The molecular weight excluding hydrogens is 423 g/mol. The predicted molar refractivity (Wildman–Crippen MR) is 92.4 cm³/mol. The lowest BCUT2D eigenvalue weighted by Gasteiger charge is -2.10. The summed E-state index contributed by atoms with van der Waals surface area (Å²) in [7, 11) is 0. The summed E-state index contributed by atoms with van der Waals surface area (Å²) < 4.78 is 47.2. The molecule has 2 rings (SSSR count). The standard InChI is InChI=1S/C16H11ClF3N3O6/c17-10-5-9(16(18,19)20)6-21-15(10)22-13(24)7-29-14(25)8-28-12-4-2-1-3-11(12)23(26)27/h1-6H,7-8H2,(H,21,22,24). The minimum Gasteiger partial charge on any atom is -0.475 e. The van der Waals surface area contributed by atoms with Crippen molar-refractivity contribution >= 4 is 35.0 Å². The van der Waals surface area contributed by atoms with Crippen LogP contribution in [0.4, 0.5) is 24.7 Å². The molecule has 1 N–H and O–H groups in total. The number of ether oxygens (including phenoxy) is 2. The fourth-order valence-corrected chi connectivity index (χ4v) is 2.12. The number of nitro groups is 1. The van der Waals surface area contributed by atoms with E-state index in [1.807, 2.05) is 0 Å². The SMILES string of the molecule is O=C(COC(=O)COc1ccccc1[N+](=O)[O-])Nc1ncc(C(F)(F)F)cc1Cl. The maximum Gasteiger partial charge on any atom is 0.417 e. The van der Waals surface area contributed by atoms with Crippen LogP contribution in [0.15, 0.2) is 36.5 Å². The van der Waals surface area contributed by atoms with Crippen LogP contribution in [0.2, 0.25) is 5.02 Å². The van der Waals surface area contributed by atoms with Gasteiger partial charge in [-0.2, -0.15) is 13.2 Å². The quantitative estimate of drug-likeness (QED) is 0.404. The van der Waals surface area contributed by atoms with Gasteiger partial charge in [0.15, 0.2) is 24.8 Å². The van der Waals surface area contributed by atoms with Crippen molar-refractivity contribution < 1.29 is 37.2 Å². The summed E-state index contributed by atoms with van der Waals surface area (Å²) in [5.41, 5.74) is -1.46. The number of benzene rings is 1.